The molecule has 232 valence electrons. The summed E-state index contributed by atoms with van der Waals surface area (Å²) in [6.45, 7) is 4.38. The van der Waals surface area contributed by atoms with Crippen LogP contribution >= 0.6 is 0 Å². The number of imidazole rings is 1. The third-order valence-electron chi connectivity index (χ3n) is 8.07. The second kappa shape index (κ2) is 13.7. The quantitative estimate of drug-likeness (QED) is 0.155. The second-order valence-electron chi connectivity index (χ2n) is 11.2. The molecule has 0 spiro atoms. The molecular weight excluding hydrogens is 576 g/mol. The molecule has 9 nitrogen and oxygen atoms in total. The first kappa shape index (κ1) is 29.3. The van der Waals surface area contributed by atoms with Crippen molar-refractivity contribution in [2.45, 2.75) is 19.4 Å². The third-order valence-corrected chi connectivity index (χ3v) is 8.07. The van der Waals surface area contributed by atoms with Gasteiger partial charge in [0, 0.05) is 36.3 Å². The average Bonchev–Trinajstić information content (AvgIpc) is 3.76. The van der Waals surface area contributed by atoms with Crippen LogP contribution in [0.4, 0.5) is 11.6 Å². The summed E-state index contributed by atoms with van der Waals surface area (Å²) in [7, 11) is 1.65. The molecule has 9 heteroatoms. The molecule has 1 aliphatic heterocycles. The van der Waals surface area contributed by atoms with E-state index >= 15 is 0 Å². The number of ether oxygens (including phenoxy) is 3. The lowest BCUT2D eigenvalue weighted by Crippen LogP contribution is -2.25. The highest BCUT2D eigenvalue weighted by atomic mass is 16.5. The fourth-order valence-corrected chi connectivity index (χ4v) is 5.75. The van der Waals surface area contributed by atoms with Crippen LogP contribution in [-0.4, -0.2) is 57.6 Å². The maximum atomic E-state index is 6.11. The highest BCUT2D eigenvalue weighted by molar-refractivity contribution is 5.82. The molecule has 1 aliphatic rings. The summed E-state index contributed by atoms with van der Waals surface area (Å²) in [5, 5.41) is 3.36. The van der Waals surface area contributed by atoms with Crippen molar-refractivity contribution in [1.29, 1.82) is 0 Å². The smallest absolute Gasteiger partial charge is 0.227 e. The molecule has 0 aliphatic carbocycles. The first-order chi connectivity index (χ1) is 22.7. The molecule has 0 bridgehead atoms. The first-order valence-electron chi connectivity index (χ1n) is 15.6. The van der Waals surface area contributed by atoms with Gasteiger partial charge in [-0.15, -0.1) is 0 Å². The van der Waals surface area contributed by atoms with Crippen LogP contribution in [0.3, 0.4) is 0 Å². The van der Waals surface area contributed by atoms with Gasteiger partial charge in [-0.05, 0) is 80.0 Å². The maximum absolute atomic E-state index is 6.11. The zero-order valence-corrected chi connectivity index (χ0v) is 25.8. The number of likely N-dealkylation sites (tertiary alicyclic amines) is 1. The highest BCUT2D eigenvalue weighted by Gasteiger charge is 2.19. The summed E-state index contributed by atoms with van der Waals surface area (Å²) in [5.74, 6) is 2.58. The Morgan fingerprint density at radius 1 is 0.804 bits per heavy atom. The van der Waals surface area contributed by atoms with Gasteiger partial charge in [-0.25, -0.2) is 15.0 Å². The van der Waals surface area contributed by atoms with Crippen molar-refractivity contribution in [3.8, 4) is 39.9 Å². The standard InChI is InChI=1S/C37H36N6O3/c1-44-33-24-28(15-16-32(33)46-26-27-10-3-2-4-11-27)35-36(43-21-6-5-14-34(43)41-35)31-17-18-38-37(40-31)39-29-12-9-13-30(25-29)45-23-22-42-19-7-8-20-42/h2-6,9-18,21,24-25H,7-8,19-20,22-23,26H2,1H3,(H,38,39,40). The molecule has 6 aromatic rings. The van der Waals surface area contributed by atoms with Gasteiger partial charge in [0.25, 0.3) is 0 Å². The number of nitrogens with one attached hydrogen (secondary N) is 1. The Kier molecular flexibility index (Phi) is 8.73. The van der Waals surface area contributed by atoms with Crippen LogP contribution in [-0.2, 0) is 6.61 Å². The predicted molar refractivity (Wildman–Crippen MR) is 180 cm³/mol. The van der Waals surface area contributed by atoms with E-state index in [1.165, 1.54) is 12.8 Å². The average molecular weight is 613 g/mol. The van der Waals surface area contributed by atoms with Gasteiger partial charge < -0.3 is 19.5 Å². The number of anilines is 2. The van der Waals surface area contributed by atoms with E-state index in [2.05, 4.69) is 15.2 Å². The number of methoxy groups -OCH3 is 1. The summed E-state index contributed by atoms with van der Waals surface area (Å²) in [6.07, 6.45) is 6.31. The molecule has 1 fully saturated rings. The summed E-state index contributed by atoms with van der Waals surface area (Å²) in [5.41, 5.74) is 5.98. The molecule has 0 amide bonds. The molecule has 0 radical (unpaired) electrons. The molecular formula is C37H36N6O3. The topological polar surface area (TPSA) is 86.0 Å². The van der Waals surface area contributed by atoms with E-state index in [4.69, 9.17) is 24.2 Å². The Morgan fingerprint density at radius 3 is 2.54 bits per heavy atom. The van der Waals surface area contributed by atoms with Gasteiger partial charge in [-0.3, -0.25) is 9.30 Å². The van der Waals surface area contributed by atoms with E-state index in [-0.39, 0.29) is 0 Å². The highest BCUT2D eigenvalue weighted by Crippen LogP contribution is 2.37. The normalized spacial score (nSPS) is 13.2. The summed E-state index contributed by atoms with van der Waals surface area (Å²) in [4.78, 5) is 16.9. The zero-order chi connectivity index (χ0) is 31.1. The van der Waals surface area contributed by atoms with Crippen LogP contribution in [0.1, 0.15) is 18.4 Å². The Hall–Kier alpha value is -5.41. The van der Waals surface area contributed by atoms with Gasteiger partial charge in [0.15, 0.2) is 11.5 Å². The van der Waals surface area contributed by atoms with Crippen LogP contribution in [0.25, 0.3) is 28.3 Å². The van der Waals surface area contributed by atoms with Gasteiger partial charge in [0.2, 0.25) is 5.95 Å². The van der Waals surface area contributed by atoms with Gasteiger partial charge >= 0.3 is 0 Å². The van der Waals surface area contributed by atoms with Crippen molar-refractivity contribution in [2.75, 3.05) is 38.7 Å². The molecule has 3 aromatic carbocycles. The minimum Gasteiger partial charge on any atom is -0.493 e. The number of fused-ring (bicyclic) bond motifs is 1. The fraction of sp³-hybridized carbons (Fsp3) is 0.216. The number of aromatic nitrogens is 4. The minimum atomic E-state index is 0.445. The van der Waals surface area contributed by atoms with Crippen molar-refractivity contribution in [2.24, 2.45) is 0 Å². The molecule has 0 unspecified atom stereocenters. The Morgan fingerprint density at radius 2 is 1.67 bits per heavy atom. The molecule has 0 atom stereocenters. The van der Waals surface area contributed by atoms with Crippen molar-refractivity contribution < 1.29 is 14.2 Å². The molecule has 46 heavy (non-hydrogen) atoms. The van der Waals surface area contributed by atoms with Crippen molar-refractivity contribution in [1.82, 2.24) is 24.3 Å². The number of pyridine rings is 1. The molecule has 1 N–H and O–H groups in total. The zero-order valence-electron chi connectivity index (χ0n) is 25.8. The number of rotatable bonds is 12. The molecule has 7 rings (SSSR count). The van der Waals surface area contributed by atoms with Crippen molar-refractivity contribution in [3.05, 3.63) is 115 Å². The van der Waals surface area contributed by atoms with Gasteiger partial charge in [0.05, 0.1) is 24.2 Å². The van der Waals surface area contributed by atoms with Crippen LogP contribution in [0.5, 0.6) is 17.2 Å². The molecule has 3 aromatic heterocycles. The third kappa shape index (κ3) is 6.64. The number of benzene rings is 3. The minimum absolute atomic E-state index is 0.445. The maximum Gasteiger partial charge on any atom is 0.227 e. The lowest BCUT2D eigenvalue weighted by atomic mass is 10.1. The second-order valence-corrected chi connectivity index (χ2v) is 11.2. The van der Waals surface area contributed by atoms with Gasteiger partial charge in [-0.2, -0.15) is 0 Å². The lowest BCUT2D eigenvalue weighted by molar-refractivity contribution is 0.238. The summed E-state index contributed by atoms with van der Waals surface area (Å²) >= 11 is 0. The Balaban J connectivity index is 1.15. The van der Waals surface area contributed by atoms with E-state index in [9.17, 15) is 0 Å². The number of hydrogen-bond acceptors (Lipinski definition) is 8. The summed E-state index contributed by atoms with van der Waals surface area (Å²) in [6, 6.07) is 31.7. The van der Waals surface area contributed by atoms with E-state index in [0.29, 0.717) is 30.7 Å². The van der Waals surface area contributed by atoms with Crippen molar-refractivity contribution in [3.63, 3.8) is 0 Å². The van der Waals surface area contributed by atoms with E-state index in [1.54, 1.807) is 13.3 Å². The Bertz CT molecular complexity index is 1920. The largest absolute Gasteiger partial charge is 0.493 e. The van der Waals surface area contributed by atoms with Crippen LogP contribution < -0.4 is 19.5 Å². The molecule has 4 heterocycles. The predicted octanol–water partition coefficient (Wildman–Crippen LogP) is 7.26. The number of nitrogens with zero attached hydrogens (tertiary/aromatic N) is 5. The van der Waals surface area contributed by atoms with Gasteiger partial charge in [0.1, 0.15) is 24.6 Å². The van der Waals surface area contributed by atoms with Crippen molar-refractivity contribution >= 4 is 17.3 Å². The van der Waals surface area contributed by atoms with E-state index in [0.717, 1.165) is 64.9 Å². The lowest BCUT2D eigenvalue weighted by Gasteiger charge is -2.15. The SMILES string of the molecule is COc1cc(-c2nc3ccccn3c2-c2ccnc(Nc3cccc(OCCN4CCCC4)c3)n2)ccc1OCc1ccccc1. The van der Waals surface area contributed by atoms with E-state index in [1.807, 2.05) is 108 Å². The number of hydrogen-bond donors (Lipinski definition) is 1. The van der Waals surface area contributed by atoms with Crippen LogP contribution in [0.2, 0.25) is 0 Å². The van der Waals surface area contributed by atoms with E-state index < -0.39 is 0 Å². The van der Waals surface area contributed by atoms with Crippen LogP contribution in [0.15, 0.2) is 109 Å². The monoisotopic (exact) mass is 612 g/mol. The Labute approximate surface area is 268 Å². The summed E-state index contributed by atoms with van der Waals surface area (Å²) < 4.78 is 20.0. The molecule has 1 saturated heterocycles. The van der Waals surface area contributed by atoms with Gasteiger partial charge in [-0.1, -0.05) is 42.5 Å². The fourth-order valence-electron chi connectivity index (χ4n) is 5.75. The molecule has 0 saturated carbocycles. The van der Waals surface area contributed by atoms with Crippen LogP contribution in [0, 0.1) is 0 Å². The first-order valence-corrected chi connectivity index (χ1v) is 15.6.